The molecule has 120 valence electrons. The molecule has 23 heavy (non-hydrogen) atoms. The molecular formula is C19H21NO3. The number of nitrogens with one attached hydrogen (secondary N) is 1. The molecule has 2 aromatic carbocycles. The van der Waals surface area contributed by atoms with Crippen LogP contribution in [0.2, 0.25) is 0 Å². The maximum atomic E-state index is 12.1. The van der Waals surface area contributed by atoms with E-state index in [2.05, 4.69) is 5.32 Å². The van der Waals surface area contributed by atoms with Crippen molar-refractivity contribution in [1.29, 1.82) is 0 Å². The molecule has 4 heteroatoms. The molecule has 2 aromatic rings. The fourth-order valence-electron chi connectivity index (χ4n) is 2.33. The molecule has 1 N–H and O–H groups in total. The number of carbonyl (C=O) groups is 1. The lowest BCUT2D eigenvalue weighted by Gasteiger charge is -2.10. The molecule has 0 fully saturated rings. The van der Waals surface area contributed by atoms with Crippen molar-refractivity contribution in [2.75, 3.05) is 19.5 Å². The molecule has 0 heterocycles. The lowest BCUT2D eigenvalue weighted by molar-refractivity contribution is -0.111. The van der Waals surface area contributed by atoms with E-state index < -0.39 is 0 Å². The van der Waals surface area contributed by atoms with Crippen molar-refractivity contribution >= 4 is 17.7 Å². The van der Waals surface area contributed by atoms with Gasteiger partial charge in [0.05, 0.1) is 19.8 Å². The summed E-state index contributed by atoms with van der Waals surface area (Å²) in [6, 6.07) is 11.4. The number of carbonyl (C=O) groups excluding carboxylic acids is 1. The summed E-state index contributed by atoms with van der Waals surface area (Å²) < 4.78 is 10.6. The molecule has 4 nitrogen and oxygen atoms in total. The van der Waals surface area contributed by atoms with Crippen molar-refractivity contribution in [2.45, 2.75) is 13.8 Å². The van der Waals surface area contributed by atoms with Gasteiger partial charge in [-0.05, 0) is 43.7 Å². The summed E-state index contributed by atoms with van der Waals surface area (Å²) in [6.45, 7) is 3.99. The van der Waals surface area contributed by atoms with Crippen molar-refractivity contribution in [3.63, 3.8) is 0 Å². The molecule has 0 saturated carbocycles. The van der Waals surface area contributed by atoms with Crippen LogP contribution in [-0.4, -0.2) is 20.1 Å². The molecule has 0 aliphatic heterocycles. The zero-order valence-electron chi connectivity index (χ0n) is 13.8. The van der Waals surface area contributed by atoms with Crippen LogP contribution in [0.3, 0.4) is 0 Å². The number of hydrogen-bond acceptors (Lipinski definition) is 3. The van der Waals surface area contributed by atoms with Gasteiger partial charge < -0.3 is 14.8 Å². The van der Waals surface area contributed by atoms with Gasteiger partial charge in [0.15, 0.2) is 0 Å². The van der Waals surface area contributed by atoms with Crippen LogP contribution in [0.1, 0.15) is 16.7 Å². The summed E-state index contributed by atoms with van der Waals surface area (Å²) in [5.74, 6) is 1.10. The molecule has 2 rings (SSSR count). The number of aryl methyl sites for hydroxylation is 2. The van der Waals surface area contributed by atoms with Crippen LogP contribution in [0.15, 0.2) is 42.5 Å². The maximum Gasteiger partial charge on any atom is 0.248 e. The first kappa shape index (κ1) is 16.6. The summed E-state index contributed by atoms with van der Waals surface area (Å²) in [6.07, 6.45) is 3.16. The van der Waals surface area contributed by atoms with Gasteiger partial charge in [0.25, 0.3) is 0 Å². The van der Waals surface area contributed by atoms with E-state index in [0.29, 0.717) is 11.5 Å². The number of ether oxygens (including phenoxy) is 2. The van der Waals surface area contributed by atoms with E-state index in [1.165, 1.54) is 6.08 Å². The highest BCUT2D eigenvalue weighted by molar-refractivity contribution is 6.02. The number of anilines is 1. The molecule has 0 spiro atoms. The van der Waals surface area contributed by atoms with Crippen LogP contribution in [0.5, 0.6) is 11.5 Å². The third-order valence-electron chi connectivity index (χ3n) is 3.51. The quantitative estimate of drug-likeness (QED) is 0.850. The third-order valence-corrected chi connectivity index (χ3v) is 3.51. The molecular weight excluding hydrogens is 290 g/mol. The zero-order chi connectivity index (χ0) is 16.8. The molecule has 0 aliphatic rings. The Balaban J connectivity index is 2.18. The number of rotatable bonds is 5. The van der Waals surface area contributed by atoms with Gasteiger partial charge in [-0.1, -0.05) is 23.8 Å². The first-order chi connectivity index (χ1) is 11.0. The van der Waals surface area contributed by atoms with Crippen LogP contribution in [0.25, 0.3) is 6.08 Å². The second-order valence-electron chi connectivity index (χ2n) is 5.22. The Morgan fingerprint density at radius 3 is 2.26 bits per heavy atom. The molecule has 1 amide bonds. The first-order valence-electron chi connectivity index (χ1n) is 7.32. The normalized spacial score (nSPS) is 10.6. The van der Waals surface area contributed by atoms with Crippen molar-refractivity contribution in [1.82, 2.24) is 0 Å². The molecule has 0 unspecified atom stereocenters. The smallest absolute Gasteiger partial charge is 0.248 e. The molecule has 0 aromatic heterocycles. The Kier molecular flexibility index (Phi) is 5.41. The second-order valence-corrected chi connectivity index (χ2v) is 5.22. The lowest BCUT2D eigenvalue weighted by Crippen LogP contribution is -2.09. The Labute approximate surface area is 136 Å². The van der Waals surface area contributed by atoms with Gasteiger partial charge in [0.2, 0.25) is 5.91 Å². The maximum absolute atomic E-state index is 12.1. The number of hydrogen-bond donors (Lipinski definition) is 1. The van der Waals surface area contributed by atoms with Gasteiger partial charge in [-0.15, -0.1) is 0 Å². The van der Waals surface area contributed by atoms with E-state index in [1.807, 2.05) is 50.2 Å². The van der Waals surface area contributed by atoms with Crippen molar-refractivity contribution in [3.05, 3.63) is 59.2 Å². The monoisotopic (exact) mass is 311 g/mol. The van der Waals surface area contributed by atoms with Crippen molar-refractivity contribution < 1.29 is 14.3 Å². The molecule has 0 radical (unpaired) electrons. The summed E-state index contributed by atoms with van der Waals surface area (Å²) in [7, 11) is 3.17. The highest BCUT2D eigenvalue weighted by atomic mass is 16.5. The van der Waals surface area contributed by atoms with Crippen molar-refractivity contribution in [2.24, 2.45) is 0 Å². The number of benzene rings is 2. The van der Waals surface area contributed by atoms with E-state index in [4.69, 9.17) is 9.47 Å². The van der Waals surface area contributed by atoms with Crippen molar-refractivity contribution in [3.8, 4) is 11.5 Å². The fraction of sp³-hybridized carbons (Fsp3) is 0.211. The van der Waals surface area contributed by atoms with Crippen LogP contribution in [0, 0.1) is 13.8 Å². The lowest BCUT2D eigenvalue weighted by atomic mass is 10.1. The molecule has 0 atom stereocenters. The van der Waals surface area contributed by atoms with E-state index in [0.717, 1.165) is 22.4 Å². The van der Waals surface area contributed by atoms with Gasteiger partial charge in [0, 0.05) is 11.8 Å². The predicted molar refractivity (Wildman–Crippen MR) is 93.1 cm³/mol. The van der Waals surface area contributed by atoms with Gasteiger partial charge in [-0.25, -0.2) is 0 Å². The summed E-state index contributed by atoms with van der Waals surface area (Å²) in [5, 5.41) is 2.88. The van der Waals surface area contributed by atoms with Gasteiger partial charge in [-0.2, -0.15) is 0 Å². The Bertz CT molecular complexity index is 713. The van der Waals surface area contributed by atoms with E-state index in [1.54, 1.807) is 20.3 Å². The summed E-state index contributed by atoms with van der Waals surface area (Å²) in [5.41, 5.74) is 3.72. The minimum absolute atomic E-state index is 0.204. The Morgan fingerprint density at radius 1 is 1.04 bits per heavy atom. The van der Waals surface area contributed by atoms with E-state index in [-0.39, 0.29) is 5.91 Å². The third kappa shape index (κ3) is 4.13. The van der Waals surface area contributed by atoms with Gasteiger partial charge in [0.1, 0.15) is 11.5 Å². The number of methoxy groups -OCH3 is 2. The molecule has 0 saturated heterocycles. The summed E-state index contributed by atoms with van der Waals surface area (Å²) >= 11 is 0. The minimum Gasteiger partial charge on any atom is -0.496 e. The average Bonchev–Trinajstić information content (AvgIpc) is 2.55. The second kappa shape index (κ2) is 7.49. The minimum atomic E-state index is -0.204. The van der Waals surface area contributed by atoms with E-state index >= 15 is 0 Å². The standard InChI is InChI=1S/C19H21NO3/c1-13-8-10-16(14(2)12-13)20-19(21)11-9-15-17(22-3)6-5-7-18(15)23-4/h5-12H,1-4H3,(H,20,21)/b11-9+. The fourth-order valence-corrected chi connectivity index (χ4v) is 2.33. The topological polar surface area (TPSA) is 47.6 Å². The largest absolute Gasteiger partial charge is 0.496 e. The van der Waals surface area contributed by atoms with Crippen LogP contribution < -0.4 is 14.8 Å². The average molecular weight is 311 g/mol. The molecule has 0 aliphatic carbocycles. The van der Waals surface area contributed by atoms with Crippen LogP contribution in [0.4, 0.5) is 5.69 Å². The number of amides is 1. The summed E-state index contributed by atoms with van der Waals surface area (Å²) in [4.78, 5) is 12.1. The van der Waals surface area contributed by atoms with E-state index in [9.17, 15) is 4.79 Å². The van der Waals surface area contributed by atoms with Crippen LogP contribution >= 0.6 is 0 Å². The zero-order valence-corrected chi connectivity index (χ0v) is 13.8. The molecule has 0 bridgehead atoms. The highest BCUT2D eigenvalue weighted by Crippen LogP contribution is 2.29. The van der Waals surface area contributed by atoms with Gasteiger partial charge >= 0.3 is 0 Å². The van der Waals surface area contributed by atoms with Crippen LogP contribution in [-0.2, 0) is 4.79 Å². The highest BCUT2D eigenvalue weighted by Gasteiger charge is 2.07. The Morgan fingerprint density at radius 2 is 1.70 bits per heavy atom. The predicted octanol–water partition coefficient (Wildman–Crippen LogP) is 3.97. The first-order valence-corrected chi connectivity index (χ1v) is 7.32. The SMILES string of the molecule is COc1cccc(OC)c1/C=C/C(=O)Nc1ccc(C)cc1C. The Hall–Kier alpha value is -2.75. The van der Waals surface area contributed by atoms with Gasteiger partial charge in [-0.3, -0.25) is 4.79 Å².